The Bertz CT molecular complexity index is 783. The Morgan fingerprint density at radius 1 is 1.14 bits per heavy atom. The standard InChI is InChI=1S/C17H14BrIN2/c1-20-17(14-9-12(19)5-6-16(14)18)13-4-2-3-11-7-8-21-10-15(11)13/h2-10,17,20H,1H3. The molecule has 1 N–H and O–H groups in total. The van der Waals surface area contributed by atoms with Crippen LogP contribution in [0.3, 0.4) is 0 Å². The van der Waals surface area contributed by atoms with Crippen LogP contribution in [0.5, 0.6) is 0 Å². The van der Waals surface area contributed by atoms with Crippen LogP contribution in [0.2, 0.25) is 0 Å². The molecule has 1 heterocycles. The number of benzene rings is 2. The minimum Gasteiger partial charge on any atom is -0.309 e. The second kappa shape index (κ2) is 6.42. The van der Waals surface area contributed by atoms with Crippen molar-refractivity contribution in [2.24, 2.45) is 0 Å². The molecule has 2 aromatic carbocycles. The molecule has 1 unspecified atom stereocenters. The molecule has 3 aromatic rings. The lowest BCUT2D eigenvalue weighted by Crippen LogP contribution is -2.18. The van der Waals surface area contributed by atoms with Gasteiger partial charge in [-0.05, 0) is 70.4 Å². The molecule has 3 rings (SSSR count). The molecule has 21 heavy (non-hydrogen) atoms. The summed E-state index contributed by atoms with van der Waals surface area (Å²) in [6, 6.07) is 15.0. The first kappa shape index (κ1) is 14.9. The topological polar surface area (TPSA) is 24.9 Å². The first-order valence-electron chi connectivity index (χ1n) is 6.65. The summed E-state index contributed by atoms with van der Waals surface area (Å²) in [5, 5.41) is 5.83. The predicted molar refractivity (Wildman–Crippen MR) is 99.5 cm³/mol. The minimum atomic E-state index is 0.127. The fraction of sp³-hybridized carbons (Fsp3) is 0.118. The van der Waals surface area contributed by atoms with Gasteiger partial charge >= 0.3 is 0 Å². The molecule has 0 aliphatic rings. The van der Waals surface area contributed by atoms with Crippen molar-refractivity contribution >= 4 is 49.3 Å². The van der Waals surface area contributed by atoms with E-state index in [1.165, 1.54) is 25.5 Å². The van der Waals surface area contributed by atoms with Crippen LogP contribution < -0.4 is 5.32 Å². The number of nitrogens with one attached hydrogen (secondary N) is 1. The molecule has 0 bridgehead atoms. The van der Waals surface area contributed by atoms with Gasteiger partial charge in [0.1, 0.15) is 0 Å². The highest BCUT2D eigenvalue weighted by Gasteiger charge is 2.17. The van der Waals surface area contributed by atoms with Gasteiger partial charge in [-0.2, -0.15) is 0 Å². The monoisotopic (exact) mass is 452 g/mol. The van der Waals surface area contributed by atoms with Crippen LogP contribution in [-0.2, 0) is 0 Å². The van der Waals surface area contributed by atoms with Crippen molar-refractivity contribution in [2.75, 3.05) is 7.05 Å². The predicted octanol–water partition coefficient (Wildman–Crippen LogP) is 4.91. The number of fused-ring (bicyclic) bond motifs is 1. The Labute approximate surface area is 146 Å². The van der Waals surface area contributed by atoms with Crippen molar-refractivity contribution < 1.29 is 0 Å². The van der Waals surface area contributed by atoms with E-state index in [4.69, 9.17) is 0 Å². The summed E-state index contributed by atoms with van der Waals surface area (Å²) >= 11 is 6.02. The van der Waals surface area contributed by atoms with Gasteiger partial charge in [-0.25, -0.2) is 0 Å². The quantitative estimate of drug-likeness (QED) is 0.571. The van der Waals surface area contributed by atoms with Crippen LogP contribution in [0.25, 0.3) is 10.8 Å². The Morgan fingerprint density at radius 3 is 2.81 bits per heavy atom. The molecule has 106 valence electrons. The SMILES string of the molecule is CNC(c1cc(I)ccc1Br)c1cccc2ccncc12. The Hall–Kier alpha value is -0.980. The highest BCUT2D eigenvalue weighted by molar-refractivity contribution is 14.1. The third kappa shape index (κ3) is 2.98. The van der Waals surface area contributed by atoms with Gasteiger partial charge in [0, 0.05) is 25.8 Å². The molecular weight excluding hydrogens is 439 g/mol. The summed E-state index contributed by atoms with van der Waals surface area (Å²) in [6.07, 6.45) is 3.78. The largest absolute Gasteiger partial charge is 0.309 e. The lowest BCUT2D eigenvalue weighted by Gasteiger charge is -2.20. The van der Waals surface area contributed by atoms with Gasteiger partial charge in [-0.15, -0.1) is 0 Å². The molecule has 0 saturated heterocycles. The Kier molecular flexibility index (Phi) is 4.57. The number of rotatable bonds is 3. The van der Waals surface area contributed by atoms with Crippen molar-refractivity contribution in [3.63, 3.8) is 0 Å². The third-order valence-corrected chi connectivity index (χ3v) is 4.98. The van der Waals surface area contributed by atoms with Crippen molar-refractivity contribution in [1.29, 1.82) is 0 Å². The van der Waals surface area contributed by atoms with Crippen molar-refractivity contribution in [1.82, 2.24) is 10.3 Å². The zero-order valence-corrected chi connectivity index (χ0v) is 15.2. The Morgan fingerprint density at radius 2 is 2.00 bits per heavy atom. The number of hydrogen-bond acceptors (Lipinski definition) is 2. The van der Waals surface area contributed by atoms with E-state index in [9.17, 15) is 0 Å². The van der Waals surface area contributed by atoms with E-state index >= 15 is 0 Å². The molecule has 0 spiro atoms. The van der Waals surface area contributed by atoms with Gasteiger partial charge in [0.25, 0.3) is 0 Å². The van der Waals surface area contributed by atoms with E-state index in [1.54, 1.807) is 0 Å². The highest BCUT2D eigenvalue weighted by Crippen LogP contribution is 2.33. The lowest BCUT2D eigenvalue weighted by atomic mass is 9.95. The van der Waals surface area contributed by atoms with Crippen molar-refractivity contribution in [3.8, 4) is 0 Å². The molecule has 0 fully saturated rings. The van der Waals surface area contributed by atoms with E-state index < -0.39 is 0 Å². The van der Waals surface area contributed by atoms with Crippen LogP contribution in [-0.4, -0.2) is 12.0 Å². The van der Waals surface area contributed by atoms with E-state index in [-0.39, 0.29) is 6.04 Å². The molecule has 0 radical (unpaired) electrons. The fourth-order valence-corrected chi connectivity index (χ4v) is 3.59. The molecule has 2 nitrogen and oxygen atoms in total. The van der Waals surface area contributed by atoms with Gasteiger partial charge in [-0.3, -0.25) is 4.98 Å². The van der Waals surface area contributed by atoms with Crippen molar-refractivity contribution in [2.45, 2.75) is 6.04 Å². The summed E-state index contributed by atoms with van der Waals surface area (Å²) in [6.45, 7) is 0. The highest BCUT2D eigenvalue weighted by atomic mass is 127. The molecule has 1 atom stereocenters. The van der Waals surface area contributed by atoms with Crippen LogP contribution in [0.15, 0.2) is 59.3 Å². The molecule has 0 aliphatic heterocycles. The average molecular weight is 453 g/mol. The van der Waals surface area contributed by atoms with Crippen LogP contribution >= 0.6 is 38.5 Å². The number of pyridine rings is 1. The minimum absolute atomic E-state index is 0.127. The number of hydrogen-bond donors (Lipinski definition) is 1. The molecule has 1 aromatic heterocycles. The third-order valence-electron chi connectivity index (χ3n) is 3.59. The summed E-state index contributed by atoms with van der Waals surface area (Å²) in [5.74, 6) is 0. The average Bonchev–Trinajstić information content (AvgIpc) is 2.51. The summed E-state index contributed by atoms with van der Waals surface area (Å²) < 4.78 is 2.34. The first-order valence-corrected chi connectivity index (χ1v) is 8.52. The van der Waals surface area contributed by atoms with Gasteiger partial charge in [0.05, 0.1) is 6.04 Å². The van der Waals surface area contributed by atoms with Gasteiger partial charge in [0.15, 0.2) is 0 Å². The van der Waals surface area contributed by atoms with Gasteiger partial charge in [-0.1, -0.05) is 34.1 Å². The van der Waals surface area contributed by atoms with E-state index in [0.29, 0.717) is 0 Å². The molecule has 0 aliphatic carbocycles. The van der Waals surface area contributed by atoms with E-state index in [1.807, 2.05) is 19.4 Å². The van der Waals surface area contributed by atoms with Crippen LogP contribution in [0, 0.1) is 3.57 Å². The number of aromatic nitrogens is 1. The number of halogens is 2. The summed E-state index contributed by atoms with van der Waals surface area (Å²) in [5.41, 5.74) is 2.48. The maximum atomic E-state index is 4.28. The smallest absolute Gasteiger partial charge is 0.0592 e. The molecule has 4 heteroatoms. The first-order chi connectivity index (χ1) is 10.2. The summed E-state index contributed by atoms with van der Waals surface area (Å²) in [7, 11) is 1.99. The van der Waals surface area contributed by atoms with E-state index in [2.05, 4.69) is 91.3 Å². The zero-order valence-electron chi connectivity index (χ0n) is 11.5. The van der Waals surface area contributed by atoms with Crippen LogP contribution in [0.1, 0.15) is 17.2 Å². The fourth-order valence-electron chi connectivity index (χ4n) is 2.60. The van der Waals surface area contributed by atoms with Crippen molar-refractivity contribution in [3.05, 3.63) is 74.0 Å². The normalized spacial score (nSPS) is 12.5. The summed E-state index contributed by atoms with van der Waals surface area (Å²) in [4.78, 5) is 4.28. The number of nitrogens with zero attached hydrogens (tertiary/aromatic N) is 1. The molecule has 0 saturated carbocycles. The molecule has 0 amide bonds. The van der Waals surface area contributed by atoms with E-state index in [0.717, 1.165) is 4.47 Å². The molecular formula is C17H14BrIN2. The second-order valence-corrected chi connectivity index (χ2v) is 6.93. The maximum absolute atomic E-state index is 4.28. The second-order valence-electron chi connectivity index (χ2n) is 4.83. The zero-order chi connectivity index (χ0) is 14.8. The van der Waals surface area contributed by atoms with Crippen LogP contribution in [0.4, 0.5) is 0 Å². The van der Waals surface area contributed by atoms with Gasteiger partial charge < -0.3 is 5.32 Å². The maximum Gasteiger partial charge on any atom is 0.0592 e. The Balaban J connectivity index is 2.21. The lowest BCUT2D eigenvalue weighted by molar-refractivity contribution is 0.693. The van der Waals surface area contributed by atoms with Gasteiger partial charge in [0.2, 0.25) is 0 Å².